The van der Waals surface area contributed by atoms with E-state index in [9.17, 15) is 9.59 Å². The van der Waals surface area contributed by atoms with Crippen LogP contribution in [0.4, 0.5) is 11.6 Å². The van der Waals surface area contributed by atoms with Crippen LogP contribution in [0.15, 0.2) is 66.1 Å². The van der Waals surface area contributed by atoms with Crippen molar-refractivity contribution in [2.45, 2.75) is 13.0 Å². The van der Waals surface area contributed by atoms with E-state index in [1.54, 1.807) is 22.9 Å². The number of aromatic nitrogens is 3. The van der Waals surface area contributed by atoms with Crippen molar-refractivity contribution >= 4 is 23.5 Å². The molecule has 0 unspecified atom stereocenters. The minimum atomic E-state index is -0.597. The fourth-order valence-corrected chi connectivity index (χ4v) is 3.54. The maximum atomic E-state index is 13.3. The first kappa shape index (κ1) is 20.9. The van der Waals surface area contributed by atoms with Gasteiger partial charge in [-0.15, -0.1) is 0 Å². The van der Waals surface area contributed by atoms with Crippen LogP contribution in [0.3, 0.4) is 0 Å². The van der Waals surface area contributed by atoms with Gasteiger partial charge in [-0.1, -0.05) is 24.3 Å². The smallest absolute Gasteiger partial charge is 0.255 e. The Kier molecular flexibility index (Phi) is 5.75. The molecule has 1 atom stereocenters. The van der Waals surface area contributed by atoms with Crippen LogP contribution in [0.1, 0.15) is 18.5 Å². The summed E-state index contributed by atoms with van der Waals surface area (Å²) in [5.41, 5.74) is 7.69. The van der Waals surface area contributed by atoms with Gasteiger partial charge in [0, 0.05) is 11.4 Å². The average molecular weight is 434 g/mol. The van der Waals surface area contributed by atoms with Crippen LogP contribution in [-0.4, -0.2) is 40.3 Å². The molecule has 32 heavy (non-hydrogen) atoms. The largest absolute Gasteiger partial charge is 0.493 e. The number of anilines is 2. The van der Waals surface area contributed by atoms with Crippen molar-refractivity contribution in [3.63, 3.8) is 0 Å². The fraction of sp³-hybridized carbons (Fsp3) is 0.182. The number of nitrogens with two attached hydrogens (primary N) is 1. The number of primary amides is 1. The van der Waals surface area contributed by atoms with Crippen molar-refractivity contribution in [3.05, 3.63) is 71.7 Å². The van der Waals surface area contributed by atoms with Gasteiger partial charge in [0.2, 0.25) is 5.95 Å². The predicted octanol–water partition coefficient (Wildman–Crippen LogP) is 2.08. The molecule has 4 rings (SSSR count). The van der Waals surface area contributed by atoms with Gasteiger partial charge in [-0.2, -0.15) is 10.1 Å². The summed E-state index contributed by atoms with van der Waals surface area (Å²) in [6.07, 6.45) is 1.42. The minimum absolute atomic E-state index is 0.277. The topological polar surface area (TPSA) is 133 Å². The van der Waals surface area contributed by atoms with Gasteiger partial charge < -0.3 is 25.8 Å². The molecule has 4 N–H and O–H groups in total. The number of para-hydroxylation sites is 1. The molecule has 2 aromatic carbocycles. The third-order valence-electron chi connectivity index (χ3n) is 4.94. The van der Waals surface area contributed by atoms with Crippen LogP contribution in [0.5, 0.6) is 11.5 Å². The van der Waals surface area contributed by atoms with Gasteiger partial charge in [0.25, 0.3) is 11.8 Å². The predicted molar refractivity (Wildman–Crippen MR) is 117 cm³/mol. The molecule has 0 fully saturated rings. The summed E-state index contributed by atoms with van der Waals surface area (Å²) in [5, 5.41) is 10.4. The molecule has 2 heterocycles. The molecule has 0 aliphatic carbocycles. The molecule has 0 bridgehead atoms. The van der Waals surface area contributed by atoms with Gasteiger partial charge in [0.15, 0.2) is 18.1 Å². The zero-order chi connectivity index (χ0) is 22.7. The van der Waals surface area contributed by atoms with Crippen molar-refractivity contribution in [2.24, 2.45) is 5.73 Å². The Morgan fingerprint density at radius 3 is 2.69 bits per heavy atom. The number of fused-ring (bicyclic) bond motifs is 1. The van der Waals surface area contributed by atoms with Crippen molar-refractivity contribution in [1.29, 1.82) is 0 Å². The molecule has 0 saturated carbocycles. The molecule has 10 nitrogen and oxygen atoms in total. The summed E-state index contributed by atoms with van der Waals surface area (Å²) in [6.45, 7) is 1.53. The van der Waals surface area contributed by atoms with Crippen LogP contribution < -0.4 is 25.8 Å². The minimum Gasteiger partial charge on any atom is -0.493 e. The number of carbonyl (C=O) groups excluding carboxylic acids is 2. The van der Waals surface area contributed by atoms with Crippen molar-refractivity contribution in [1.82, 2.24) is 14.8 Å². The number of nitrogens with one attached hydrogen (secondary N) is 2. The van der Waals surface area contributed by atoms with E-state index in [0.717, 1.165) is 5.56 Å². The fourth-order valence-electron chi connectivity index (χ4n) is 3.54. The highest BCUT2D eigenvalue weighted by atomic mass is 16.5. The summed E-state index contributed by atoms with van der Waals surface area (Å²) < 4.78 is 12.5. The number of benzene rings is 2. The number of allylic oxidation sites excluding steroid dienone is 1. The van der Waals surface area contributed by atoms with Crippen LogP contribution in [0, 0.1) is 0 Å². The second kappa shape index (κ2) is 8.80. The Bertz CT molecular complexity index is 1190. The molecule has 10 heteroatoms. The van der Waals surface area contributed by atoms with E-state index in [1.807, 2.05) is 37.3 Å². The summed E-state index contributed by atoms with van der Waals surface area (Å²) in [6, 6.07) is 13.8. The van der Waals surface area contributed by atoms with E-state index < -0.39 is 11.9 Å². The zero-order valence-corrected chi connectivity index (χ0v) is 17.5. The van der Waals surface area contributed by atoms with Gasteiger partial charge >= 0.3 is 0 Å². The van der Waals surface area contributed by atoms with E-state index in [2.05, 4.69) is 20.7 Å². The molecule has 2 amide bonds. The number of ether oxygens (including phenoxy) is 2. The SMILES string of the molecule is COc1cc([C@H]2C(C(=O)Nc3ccccc3)=C(C)Nc3ncnn32)ccc1OCC(N)=O. The lowest BCUT2D eigenvalue weighted by Crippen LogP contribution is -2.31. The highest BCUT2D eigenvalue weighted by molar-refractivity contribution is 6.06. The lowest BCUT2D eigenvalue weighted by Gasteiger charge is -2.29. The molecule has 3 aromatic rings. The third-order valence-corrected chi connectivity index (χ3v) is 4.94. The molecular formula is C22H22N6O4. The van der Waals surface area contributed by atoms with Gasteiger partial charge in [-0.05, 0) is 36.8 Å². The van der Waals surface area contributed by atoms with Crippen molar-refractivity contribution < 1.29 is 19.1 Å². The van der Waals surface area contributed by atoms with Crippen LogP contribution in [0.25, 0.3) is 0 Å². The lowest BCUT2D eigenvalue weighted by atomic mass is 9.94. The van der Waals surface area contributed by atoms with Crippen molar-refractivity contribution in [3.8, 4) is 11.5 Å². The Morgan fingerprint density at radius 1 is 1.19 bits per heavy atom. The van der Waals surface area contributed by atoms with Gasteiger partial charge in [-0.25, -0.2) is 4.68 Å². The number of carbonyl (C=O) groups is 2. The Hall–Kier alpha value is -4.34. The Balaban J connectivity index is 1.74. The Morgan fingerprint density at radius 2 is 1.97 bits per heavy atom. The first-order valence-electron chi connectivity index (χ1n) is 9.80. The highest BCUT2D eigenvalue weighted by Gasteiger charge is 2.34. The summed E-state index contributed by atoms with van der Waals surface area (Å²) >= 11 is 0. The maximum absolute atomic E-state index is 13.3. The molecule has 0 spiro atoms. The second-order valence-corrected chi connectivity index (χ2v) is 7.08. The molecule has 1 aliphatic rings. The quantitative estimate of drug-likeness (QED) is 0.518. The number of rotatable bonds is 7. The molecule has 0 saturated heterocycles. The number of amides is 2. The third kappa shape index (κ3) is 4.10. The second-order valence-electron chi connectivity index (χ2n) is 7.08. The molecule has 1 aliphatic heterocycles. The summed E-state index contributed by atoms with van der Waals surface area (Å²) in [7, 11) is 1.49. The molecular weight excluding hydrogens is 412 g/mol. The first-order chi connectivity index (χ1) is 15.5. The molecule has 164 valence electrons. The number of nitrogens with zero attached hydrogens (tertiary/aromatic N) is 3. The first-order valence-corrected chi connectivity index (χ1v) is 9.80. The molecule has 0 radical (unpaired) electrons. The van der Waals surface area contributed by atoms with Crippen LogP contribution >= 0.6 is 0 Å². The molecule has 1 aromatic heterocycles. The van der Waals surface area contributed by atoms with Gasteiger partial charge in [-0.3, -0.25) is 9.59 Å². The number of hydrogen-bond acceptors (Lipinski definition) is 7. The van der Waals surface area contributed by atoms with Crippen LogP contribution in [0.2, 0.25) is 0 Å². The number of hydrogen-bond donors (Lipinski definition) is 3. The Labute approximate surface area is 184 Å². The maximum Gasteiger partial charge on any atom is 0.255 e. The average Bonchev–Trinajstić information content (AvgIpc) is 3.25. The van der Waals surface area contributed by atoms with E-state index >= 15 is 0 Å². The van der Waals surface area contributed by atoms with E-state index in [1.165, 1.54) is 13.4 Å². The van der Waals surface area contributed by atoms with Gasteiger partial charge in [0.05, 0.1) is 12.7 Å². The van der Waals surface area contributed by atoms with Crippen molar-refractivity contribution in [2.75, 3.05) is 24.4 Å². The zero-order valence-electron chi connectivity index (χ0n) is 17.5. The number of methoxy groups -OCH3 is 1. The van der Waals surface area contributed by atoms with E-state index in [0.29, 0.717) is 34.4 Å². The monoisotopic (exact) mass is 434 g/mol. The summed E-state index contributed by atoms with van der Waals surface area (Å²) in [4.78, 5) is 28.6. The lowest BCUT2D eigenvalue weighted by molar-refractivity contribution is -0.120. The van der Waals surface area contributed by atoms with E-state index in [-0.39, 0.29) is 12.5 Å². The standard InChI is InChI=1S/C22H22N6O4/c1-13-19(21(30)27-15-6-4-3-5-7-15)20(28-22(26-13)24-12-25-28)14-8-9-16(17(10-14)31-2)32-11-18(23)29/h3-10,12,20H,11H2,1-2H3,(H2,23,29)(H,27,30)(H,24,25,26)/t20-/m0/s1. The van der Waals surface area contributed by atoms with E-state index in [4.69, 9.17) is 15.2 Å². The highest BCUT2D eigenvalue weighted by Crippen LogP contribution is 2.38. The van der Waals surface area contributed by atoms with Crippen LogP contribution in [-0.2, 0) is 9.59 Å². The van der Waals surface area contributed by atoms with Gasteiger partial charge in [0.1, 0.15) is 12.4 Å². The normalized spacial score (nSPS) is 14.9. The summed E-state index contributed by atoms with van der Waals surface area (Å²) in [5.74, 6) is 0.389.